The first-order valence-corrected chi connectivity index (χ1v) is 9.80. The van der Waals surface area contributed by atoms with Crippen molar-refractivity contribution in [3.8, 4) is 0 Å². The zero-order valence-corrected chi connectivity index (χ0v) is 14.8. The van der Waals surface area contributed by atoms with Crippen LogP contribution < -0.4 is 15.5 Å². The standard InChI is InChI=1S/C15H24FN5O2S/c1-3-24(22,23)10-8-19-15(17-2)20-12-6-9-21(11-12)14-13(16)5-4-7-18-14/h4-5,7,12H,3,6,8-11H2,1-2H3,(H2,17,19,20). The van der Waals surface area contributed by atoms with Gasteiger partial charge in [-0.15, -0.1) is 0 Å². The summed E-state index contributed by atoms with van der Waals surface area (Å²) in [5.74, 6) is 0.785. The van der Waals surface area contributed by atoms with E-state index in [1.165, 1.54) is 6.07 Å². The lowest BCUT2D eigenvalue weighted by Gasteiger charge is -2.19. The maximum absolute atomic E-state index is 13.8. The second-order valence-electron chi connectivity index (χ2n) is 5.62. The van der Waals surface area contributed by atoms with Gasteiger partial charge in [0.25, 0.3) is 0 Å². The number of hydrogen-bond donors (Lipinski definition) is 2. The molecule has 1 fully saturated rings. The van der Waals surface area contributed by atoms with E-state index in [1.54, 1.807) is 26.2 Å². The van der Waals surface area contributed by atoms with Gasteiger partial charge in [-0.1, -0.05) is 6.92 Å². The molecule has 0 aromatic carbocycles. The van der Waals surface area contributed by atoms with Gasteiger partial charge in [0.15, 0.2) is 27.4 Å². The molecule has 9 heteroatoms. The van der Waals surface area contributed by atoms with E-state index in [0.717, 1.165) is 6.42 Å². The predicted molar refractivity (Wildman–Crippen MR) is 93.6 cm³/mol. The fraction of sp³-hybridized carbons (Fsp3) is 0.600. The lowest BCUT2D eigenvalue weighted by molar-refractivity contribution is 0.595. The molecule has 0 spiro atoms. The predicted octanol–water partition coefficient (Wildman–Crippen LogP) is 0.399. The molecule has 24 heavy (non-hydrogen) atoms. The molecule has 0 bridgehead atoms. The van der Waals surface area contributed by atoms with Crippen molar-refractivity contribution in [2.75, 3.05) is 43.1 Å². The number of aromatic nitrogens is 1. The van der Waals surface area contributed by atoms with Crippen molar-refractivity contribution in [2.24, 2.45) is 4.99 Å². The first-order valence-electron chi connectivity index (χ1n) is 7.98. The second-order valence-corrected chi connectivity index (χ2v) is 8.09. The highest BCUT2D eigenvalue weighted by Gasteiger charge is 2.25. The summed E-state index contributed by atoms with van der Waals surface area (Å²) in [5.41, 5.74) is 0. The van der Waals surface area contributed by atoms with E-state index >= 15 is 0 Å². The van der Waals surface area contributed by atoms with Crippen LogP contribution in [0.4, 0.5) is 10.2 Å². The Kier molecular flexibility index (Phi) is 6.36. The Bertz CT molecular complexity index is 680. The number of halogens is 1. The van der Waals surface area contributed by atoms with Crippen molar-refractivity contribution in [3.05, 3.63) is 24.1 Å². The van der Waals surface area contributed by atoms with Gasteiger partial charge >= 0.3 is 0 Å². The lowest BCUT2D eigenvalue weighted by atomic mass is 10.3. The molecular weight excluding hydrogens is 333 g/mol. The minimum atomic E-state index is -3.00. The van der Waals surface area contributed by atoms with Crippen LogP contribution in [-0.2, 0) is 9.84 Å². The number of sulfone groups is 1. The molecule has 7 nitrogen and oxygen atoms in total. The number of guanidine groups is 1. The van der Waals surface area contributed by atoms with Crippen molar-refractivity contribution in [2.45, 2.75) is 19.4 Å². The Balaban J connectivity index is 1.84. The number of hydrogen-bond acceptors (Lipinski definition) is 5. The smallest absolute Gasteiger partial charge is 0.191 e. The number of anilines is 1. The molecular formula is C15H24FN5O2S. The van der Waals surface area contributed by atoms with E-state index in [2.05, 4.69) is 20.6 Å². The van der Waals surface area contributed by atoms with Crippen LogP contribution in [-0.4, -0.2) is 63.6 Å². The highest BCUT2D eigenvalue weighted by molar-refractivity contribution is 7.91. The normalized spacial score (nSPS) is 18.7. The van der Waals surface area contributed by atoms with E-state index in [4.69, 9.17) is 0 Å². The summed E-state index contributed by atoms with van der Waals surface area (Å²) in [7, 11) is -1.37. The molecule has 0 amide bonds. The highest BCUT2D eigenvalue weighted by Crippen LogP contribution is 2.20. The van der Waals surface area contributed by atoms with Crippen LogP contribution in [0.1, 0.15) is 13.3 Å². The highest BCUT2D eigenvalue weighted by atomic mass is 32.2. The summed E-state index contributed by atoms with van der Waals surface area (Å²) in [4.78, 5) is 10.1. The maximum Gasteiger partial charge on any atom is 0.191 e. The van der Waals surface area contributed by atoms with Gasteiger partial charge in [-0.25, -0.2) is 17.8 Å². The Morgan fingerprint density at radius 2 is 2.33 bits per heavy atom. The minimum absolute atomic E-state index is 0.0696. The molecule has 1 aliphatic heterocycles. The summed E-state index contributed by atoms with van der Waals surface area (Å²) in [5, 5.41) is 6.25. The van der Waals surface area contributed by atoms with E-state index in [-0.39, 0.29) is 23.4 Å². The largest absolute Gasteiger partial charge is 0.355 e. The lowest BCUT2D eigenvalue weighted by Crippen LogP contribution is -2.45. The van der Waals surface area contributed by atoms with Gasteiger partial charge in [0, 0.05) is 44.7 Å². The van der Waals surface area contributed by atoms with E-state index < -0.39 is 9.84 Å². The first-order chi connectivity index (χ1) is 11.4. The second kappa shape index (κ2) is 8.27. The van der Waals surface area contributed by atoms with E-state index in [1.807, 2.05) is 4.90 Å². The molecule has 1 unspecified atom stereocenters. The average Bonchev–Trinajstić information content (AvgIpc) is 3.02. The number of aliphatic imine (C=N–C) groups is 1. The van der Waals surface area contributed by atoms with Gasteiger partial charge in [-0.05, 0) is 18.6 Å². The van der Waals surface area contributed by atoms with Gasteiger partial charge in [-0.2, -0.15) is 0 Å². The Morgan fingerprint density at radius 1 is 1.54 bits per heavy atom. The zero-order valence-electron chi connectivity index (χ0n) is 14.0. The molecule has 1 aliphatic rings. The number of nitrogens with one attached hydrogen (secondary N) is 2. The first kappa shape index (κ1) is 18.4. The van der Waals surface area contributed by atoms with Gasteiger partial charge in [0.05, 0.1) is 5.75 Å². The van der Waals surface area contributed by atoms with Crippen molar-refractivity contribution in [1.29, 1.82) is 0 Å². The number of pyridine rings is 1. The third kappa shape index (κ3) is 5.05. The summed E-state index contributed by atoms with van der Waals surface area (Å²) < 4.78 is 36.8. The summed E-state index contributed by atoms with van der Waals surface area (Å²) >= 11 is 0. The van der Waals surface area contributed by atoms with E-state index in [0.29, 0.717) is 31.4 Å². The molecule has 2 heterocycles. The van der Waals surface area contributed by atoms with Gasteiger partial charge in [0.1, 0.15) is 0 Å². The Labute approximate surface area is 142 Å². The molecule has 0 radical (unpaired) electrons. The average molecular weight is 357 g/mol. The van der Waals surface area contributed by atoms with Crippen molar-refractivity contribution >= 4 is 21.6 Å². The number of nitrogens with zero attached hydrogens (tertiary/aromatic N) is 3. The van der Waals surface area contributed by atoms with Crippen LogP contribution in [0.3, 0.4) is 0 Å². The molecule has 0 aliphatic carbocycles. The molecule has 1 atom stereocenters. The monoisotopic (exact) mass is 357 g/mol. The van der Waals surface area contributed by atoms with Crippen molar-refractivity contribution < 1.29 is 12.8 Å². The van der Waals surface area contributed by atoms with Crippen LogP contribution in [0, 0.1) is 5.82 Å². The molecule has 134 valence electrons. The third-order valence-corrected chi connectivity index (χ3v) is 5.64. The summed E-state index contributed by atoms with van der Waals surface area (Å²) in [6.07, 6.45) is 2.40. The van der Waals surface area contributed by atoms with E-state index in [9.17, 15) is 12.8 Å². The zero-order chi connectivity index (χ0) is 17.6. The molecule has 1 aromatic heterocycles. The topological polar surface area (TPSA) is 86.7 Å². The number of rotatable bonds is 6. The third-order valence-electron chi connectivity index (χ3n) is 3.94. The van der Waals surface area contributed by atoms with Crippen LogP contribution >= 0.6 is 0 Å². The Morgan fingerprint density at radius 3 is 3.00 bits per heavy atom. The van der Waals surface area contributed by atoms with Gasteiger partial charge < -0.3 is 15.5 Å². The van der Waals surface area contributed by atoms with Gasteiger partial charge in [-0.3, -0.25) is 4.99 Å². The SMILES string of the molecule is CCS(=O)(=O)CCNC(=NC)NC1CCN(c2ncccc2F)C1. The van der Waals surface area contributed by atoms with Crippen molar-refractivity contribution in [3.63, 3.8) is 0 Å². The fourth-order valence-corrected chi connectivity index (χ4v) is 3.24. The van der Waals surface area contributed by atoms with Crippen molar-refractivity contribution in [1.82, 2.24) is 15.6 Å². The van der Waals surface area contributed by atoms with Crippen LogP contribution in [0.25, 0.3) is 0 Å². The van der Waals surface area contributed by atoms with Gasteiger partial charge in [0.2, 0.25) is 0 Å². The van der Waals surface area contributed by atoms with Crippen LogP contribution in [0.15, 0.2) is 23.3 Å². The summed E-state index contributed by atoms with van der Waals surface area (Å²) in [6, 6.07) is 3.07. The fourth-order valence-electron chi connectivity index (χ4n) is 2.54. The van der Waals surface area contributed by atoms with Crippen LogP contribution in [0.5, 0.6) is 0 Å². The molecule has 2 N–H and O–H groups in total. The molecule has 1 saturated heterocycles. The van der Waals surface area contributed by atoms with Crippen LogP contribution in [0.2, 0.25) is 0 Å². The molecule has 1 aromatic rings. The minimum Gasteiger partial charge on any atom is -0.355 e. The maximum atomic E-state index is 13.8. The quantitative estimate of drug-likeness (QED) is 0.566. The summed E-state index contributed by atoms with van der Waals surface area (Å²) in [6.45, 7) is 3.25. The Hall–Kier alpha value is -1.90. The molecule has 2 rings (SSSR count). The molecule has 0 saturated carbocycles.